The second-order valence-electron chi connectivity index (χ2n) is 2.02. The minimum absolute atomic E-state index is 0. The van der Waals surface area contributed by atoms with Crippen molar-refractivity contribution in [2.24, 2.45) is 5.73 Å². The van der Waals surface area contributed by atoms with Crippen molar-refractivity contribution in [2.75, 3.05) is 6.54 Å². The van der Waals surface area contributed by atoms with Crippen LogP contribution in [0.2, 0.25) is 0 Å². The smallest absolute Gasteiger partial charge is 0 e. The fourth-order valence-electron chi connectivity index (χ4n) is 0.811. The van der Waals surface area contributed by atoms with Gasteiger partial charge >= 0.3 is 0 Å². The Morgan fingerprint density at radius 2 is 1.89 bits per heavy atom. The van der Waals surface area contributed by atoms with Gasteiger partial charge in [-0.1, -0.05) is 30.3 Å². The van der Waals surface area contributed by atoms with Crippen LogP contribution in [0.1, 0.15) is 6.99 Å². The molecule has 0 aliphatic carbocycles. The van der Waals surface area contributed by atoms with Gasteiger partial charge in [-0.25, -0.2) is 0 Å². The lowest BCUT2D eigenvalue weighted by Gasteiger charge is -1.93. The predicted molar refractivity (Wildman–Crippen MR) is 41.3 cm³/mol. The van der Waals surface area contributed by atoms with Crippen LogP contribution < -0.4 is 5.73 Å². The molecule has 1 aromatic rings. The molecular weight excluding hydrogens is 110 g/mol. The third-order valence-corrected chi connectivity index (χ3v) is 1.28. The van der Waals surface area contributed by atoms with Crippen LogP contribution in [0.25, 0.3) is 0 Å². The van der Waals surface area contributed by atoms with E-state index in [1.165, 1.54) is 5.56 Å². The van der Waals surface area contributed by atoms with Gasteiger partial charge in [-0.3, -0.25) is 0 Å². The Balaban J connectivity index is 0.000000810. The topological polar surface area (TPSA) is 26.0 Å². The fraction of sp³-hybridized carbons (Fsp3) is 0.250. The largest absolute Gasteiger partial charge is 0.330 e. The lowest BCUT2D eigenvalue weighted by atomic mass is 10.2. The molecule has 1 nitrogen and oxygen atoms in total. The summed E-state index contributed by atoms with van der Waals surface area (Å²) in [6.45, 7) is 0.740. The maximum absolute atomic E-state index is 5.36. The molecule has 0 saturated carbocycles. The quantitative estimate of drug-likeness (QED) is 0.632. The molecule has 0 bridgehead atoms. The first-order chi connectivity index (χ1) is 4.43. The van der Waals surface area contributed by atoms with Crippen molar-refractivity contribution in [1.29, 1.82) is 0 Å². The van der Waals surface area contributed by atoms with Crippen LogP contribution in [0.4, 0.5) is 0 Å². The highest BCUT2D eigenvalue weighted by molar-refractivity contribution is 5.14. The zero-order valence-electron chi connectivity index (χ0n) is 5.38. The summed E-state index contributed by atoms with van der Waals surface area (Å²) in [5.41, 5.74) is 6.68. The lowest BCUT2D eigenvalue weighted by Crippen LogP contribution is -2.01. The van der Waals surface area contributed by atoms with Gasteiger partial charge in [0.25, 0.3) is 0 Å². The molecule has 0 aromatic heterocycles. The average molecular weight is 123 g/mol. The Morgan fingerprint density at radius 3 is 2.44 bits per heavy atom. The highest BCUT2D eigenvalue weighted by Gasteiger charge is 1.84. The third kappa shape index (κ3) is 1.86. The van der Waals surface area contributed by atoms with Gasteiger partial charge in [0.2, 0.25) is 0 Å². The van der Waals surface area contributed by atoms with Crippen molar-refractivity contribution in [3.63, 3.8) is 0 Å². The normalized spacial score (nSPS) is 9.44. The van der Waals surface area contributed by atoms with Crippen LogP contribution in [0.15, 0.2) is 30.3 Å². The molecule has 0 amide bonds. The van der Waals surface area contributed by atoms with Crippen molar-refractivity contribution in [3.05, 3.63) is 35.9 Å². The zero-order chi connectivity index (χ0) is 6.53. The van der Waals surface area contributed by atoms with Gasteiger partial charge in [-0.05, 0) is 18.5 Å². The number of nitrogens with two attached hydrogens (primary N) is 1. The second-order valence-corrected chi connectivity index (χ2v) is 2.02. The Hall–Kier alpha value is -0.820. The molecule has 0 unspecified atom stereocenters. The summed E-state index contributed by atoms with van der Waals surface area (Å²) in [5.74, 6) is 0. The van der Waals surface area contributed by atoms with Crippen molar-refractivity contribution in [1.82, 2.24) is 0 Å². The number of hydrogen-bond donors (Lipinski definition) is 1. The maximum atomic E-state index is 5.36. The molecule has 0 radical (unpaired) electrons. The predicted octanol–water partition coefficient (Wildman–Crippen LogP) is 1.43. The molecule has 9 heavy (non-hydrogen) atoms. The first-order valence-corrected chi connectivity index (χ1v) is 3.17. The van der Waals surface area contributed by atoms with Gasteiger partial charge in [0, 0.05) is 1.43 Å². The molecule has 1 rings (SSSR count). The summed E-state index contributed by atoms with van der Waals surface area (Å²) in [7, 11) is 0. The average Bonchev–Trinajstić information content (AvgIpc) is 1.91. The number of benzene rings is 1. The molecule has 50 valence electrons. The summed E-state index contributed by atoms with van der Waals surface area (Å²) in [4.78, 5) is 0. The van der Waals surface area contributed by atoms with Gasteiger partial charge < -0.3 is 5.73 Å². The van der Waals surface area contributed by atoms with Crippen LogP contribution in [0.5, 0.6) is 0 Å². The van der Waals surface area contributed by atoms with E-state index in [0.29, 0.717) is 0 Å². The van der Waals surface area contributed by atoms with E-state index in [1.54, 1.807) is 0 Å². The van der Waals surface area contributed by atoms with Crippen molar-refractivity contribution >= 4 is 0 Å². The van der Waals surface area contributed by atoms with E-state index in [9.17, 15) is 0 Å². The summed E-state index contributed by atoms with van der Waals surface area (Å²) in [6.07, 6.45) is 0.987. The van der Waals surface area contributed by atoms with Crippen LogP contribution in [-0.4, -0.2) is 6.54 Å². The Kier molecular flexibility index (Phi) is 2.28. The lowest BCUT2D eigenvalue weighted by molar-refractivity contribution is 0.969. The molecule has 0 aliphatic rings. The molecule has 0 fully saturated rings. The van der Waals surface area contributed by atoms with Gasteiger partial charge in [0.15, 0.2) is 0 Å². The highest BCUT2D eigenvalue weighted by Crippen LogP contribution is 1.96. The molecule has 0 spiro atoms. The monoisotopic (exact) mass is 123 g/mol. The molecule has 0 saturated heterocycles. The van der Waals surface area contributed by atoms with E-state index in [4.69, 9.17) is 5.73 Å². The summed E-state index contributed by atoms with van der Waals surface area (Å²) in [5, 5.41) is 0. The molecule has 1 heteroatoms. The minimum Gasteiger partial charge on any atom is -0.330 e. The molecule has 1 aromatic carbocycles. The molecule has 0 atom stereocenters. The summed E-state index contributed by atoms with van der Waals surface area (Å²) < 4.78 is 0. The fourth-order valence-corrected chi connectivity index (χ4v) is 0.811. The van der Waals surface area contributed by atoms with E-state index >= 15 is 0 Å². The van der Waals surface area contributed by atoms with Crippen molar-refractivity contribution in [2.45, 2.75) is 6.42 Å². The van der Waals surface area contributed by atoms with E-state index < -0.39 is 0 Å². The van der Waals surface area contributed by atoms with Gasteiger partial charge in [-0.15, -0.1) is 0 Å². The summed E-state index contributed by atoms with van der Waals surface area (Å²) in [6, 6.07) is 10.3. The Labute approximate surface area is 57.0 Å². The molecule has 0 aliphatic heterocycles. The first kappa shape index (κ1) is 6.30. The van der Waals surface area contributed by atoms with Gasteiger partial charge in [0.1, 0.15) is 0 Å². The molecular formula is C8H13N. The van der Waals surface area contributed by atoms with E-state index in [0.717, 1.165) is 13.0 Å². The Morgan fingerprint density at radius 1 is 1.22 bits per heavy atom. The Bertz CT molecular complexity index is 162. The van der Waals surface area contributed by atoms with Crippen LogP contribution in [0.3, 0.4) is 0 Å². The van der Waals surface area contributed by atoms with Crippen LogP contribution in [0, 0.1) is 0 Å². The number of rotatable bonds is 2. The van der Waals surface area contributed by atoms with E-state index in [2.05, 4.69) is 12.1 Å². The highest BCUT2D eigenvalue weighted by atomic mass is 14.5. The van der Waals surface area contributed by atoms with E-state index in [-0.39, 0.29) is 1.43 Å². The third-order valence-electron chi connectivity index (χ3n) is 1.28. The van der Waals surface area contributed by atoms with Gasteiger partial charge in [0.05, 0.1) is 0 Å². The van der Waals surface area contributed by atoms with Crippen molar-refractivity contribution in [3.8, 4) is 0 Å². The van der Waals surface area contributed by atoms with Crippen molar-refractivity contribution < 1.29 is 1.43 Å². The standard InChI is InChI=1S/C8H11N.H2/c9-7-6-8-4-2-1-3-5-8;/h1-5H,6-7,9H2;1H. The second kappa shape index (κ2) is 3.25. The van der Waals surface area contributed by atoms with Gasteiger partial charge in [-0.2, -0.15) is 0 Å². The first-order valence-electron chi connectivity index (χ1n) is 3.17. The minimum atomic E-state index is 0. The molecule has 2 N–H and O–H groups in total. The van der Waals surface area contributed by atoms with Crippen LogP contribution in [-0.2, 0) is 6.42 Å². The maximum Gasteiger partial charge on any atom is 0 e. The summed E-state index contributed by atoms with van der Waals surface area (Å²) >= 11 is 0. The van der Waals surface area contributed by atoms with Crippen LogP contribution >= 0.6 is 0 Å². The zero-order valence-corrected chi connectivity index (χ0v) is 5.38. The SMILES string of the molecule is NCCc1ccccc1.[HH]. The molecule has 0 heterocycles. The number of hydrogen-bond acceptors (Lipinski definition) is 1. The van der Waals surface area contributed by atoms with E-state index in [1.807, 2.05) is 18.2 Å².